The Kier molecular flexibility index (Phi) is 11.0. The molecule has 0 amide bonds. The smallest absolute Gasteiger partial charge is 0.00439 e. The molecule has 0 fully saturated rings. The molecule has 0 saturated heterocycles. The summed E-state index contributed by atoms with van der Waals surface area (Å²) in [5, 5.41) is 3.55. The van der Waals surface area contributed by atoms with Crippen LogP contribution in [-0.4, -0.2) is 13.1 Å². The zero-order valence-electron chi connectivity index (χ0n) is 12.8. The monoisotopic (exact) mass is 241 g/mol. The third kappa shape index (κ3) is 16.0. The largest absolute Gasteiger partial charge is 0.317 e. The van der Waals surface area contributed by atoms with Crippen molar-refractivity contribution in [3.8, 4) is 0 Å². The molecule has 0 saturated carbocycles. The lowest BCUT2D eigenvalue weighted by molar-refractivity contribution is 0.366. The lowest BCUT2D eigenvalue weighted by Crippen LogP contribution is -2.21. The normalized spacial score (nSPS) is 12.0. The summed E-state index contributed by atoms with van der Waals surface area (Å²) in [7, 11) is 0. The Morgan fingerprint density at radius 1 is 0.706 bits per heavy atom. The van der Waals surface area contributed by atoms with Gasteiger partial charge in [-0.2, -0.15) is 0 Å². The average Bonchev–Trinajstić information content (AvgIpc) is 2.24. The van der Waals surface area contributed by atoms with Crippen LogP contribution in [0.4, 0.5) is 0 Å². The molecule has 1 nitrogen and oxygen atoms in total. The molecule has 0 bridgehead atoms. The summed E-state index contributed by atoms with van der Waals surface area (Å²) in [5.74, 6) is 0. The van der Waals surface area contributed by atoms with E-state index in [9.17, 15) is 0 Å². The third-order valence-corrected chi connectivity index (χ3v) is 3.26. The fourth-order valence-corrected chi connectivity index (χ4v) is 1.97. The lowest BCUT2D eigenvalue weighted by atomic mass is 9.92. The van der Waals surface area contributed by atoms with E-state index >= 15 is 0 Å². The van der Waals surface area contributed by atoms with Gasteiger partial charge in [-0.1, -0.05) is 72.6 Å². The van der Waals surface area contributed by atoms with Gasteiger partial charge in [0.15, 0.2) is 0 Å². The van der Waals surface area contributed by atoms with Crippen LogP contribution in [0.25, 0.3) is 0 Å². The highest BCUT2D eigenvalue weighted by atomic mass is 14.8. The van der Waals surface area contributed by atoms with Crippen molar-refractivity contribution in [2.75, 3.05) is 13.1 Å². The Hall–Kier alpha value is -0.0400. The van der Waals surface area contributed by atoms with Crippen LogP contribution < -0.4 is 5.32 Å². The standard InChI is InChI=1S/C16H35N/c1-5-6-7-8-9-10-11-12-14-17-15-13-16(2,3)4/h17H,5-15H2,1-4H3. The molecule has 0 atom stereocenters. The minimum Gasteiger partial charge on any atom is -0.317 e. The Bertz CT molecular complexity index is 146. The summed E-state index contributed by atoms with van der Waals surface area (Å²) in [5.41, 5.74) is 0.478. The molecule has 0 aliphatic heterocycles. The van der Waals surface area contributed by atoms with Crippen molar-refractivity contribution in [1.29, 1.82) is 0 Å². The number of rotatable bonds is 11. The summed E-state index contributed by atoms with van der Waals surface area (Å²) in [6.45, 7) is 11.6. The van der Waals surface area contributed by atoms with Crippen LogP contribution in [0.1, 0.15) is 85.5 Å². The van der Waals surface area contributed by atoms with Crippen LogP contribution >= 0.6 is 0 Å². The minimum absolute atomic E-state index is 0.478. The predicted octanol–water partition coefficient (Wildman–Crippen LogP) is 5.15. The molecule has 0 aliphatic carbocycles. The highest BCUT2D eigenvalue weighted by Crippen LogP contribution is 2.16. The fraction of sp³-hybridized carbons (Fsp3) is 1.00. The molecule has 0 aliphatic rings. The fourth-order valence-electron chi connectivity index (χ4n) is 1.97. The first kappa shape index (κ1) is 17.0. The molecular weight excluding hydrogens is 206 g/mol. The van der Waals surface area contributed by atoms with Crippen LogP contribution in [-0.2, 0) is 0 Å². The number of hydrogen-bond acceptors (Lipinski definition) is 1. The van der Waals surface area contributed by atoms with Crippen LogP contribution in [0.5, 0.6) is 0 Å². The lowest BCUT2D eigenvalue weighted by Gasteiger charge is -2.17. The minimum atomic E-state index is 0.478. The van der Waals surface area contributed by atoms with Gasteiger partial charge in [-0.05, 0) is 31.3 Å². The van der Waals surface area contributed by atoms with E-state index in [0.29, 0.717) is 5.41 Å². The molecule has 0 spiro atoms. The van der Waals surface area contributed by atoms with Gasteiger partial charge >= 0.3 is 0 Å². The van der Waals surface area contributed by atoms with Gasteiger partial charge in [0.1, 0.15) is 0 Å². The van der Waals surface area contributed by atoms with Gasteiger partial charge in [0.05, 0.1) is 0 Å². The maximum absolute atomic E-state index is 3.55. The van der Waals surface area contributed by atoms with E-state index in [1.165, 1.54) is 70.9 Å². The highest BCUT2D eigenvalue weighted by Gasteiger charge is 2.08. The zero-order chi connectivity index (χ0) is 13.0. The number of nitrogens with one attached hydrogen (secondary N) is 1. The van der Waals surface area contributed by atoms with Crippen molar-refractivity contribution in [3.63, 3.8) is 0 Å². The van der Waals surface area contributed by atoms with Crippen molar-refractivity contribution in [1.82, 2.24) is 5.32 Å². The molecule has 104 valence electrons. The molecule has 0 aromatic rings. The molecule has 1 N–H and O–H groups in total. The van der Waals surface area contributed by atoms with E-state index < -0.39 is 0 Å². The summed E-state index contributed by atoms with van der Waals surface area (Å²) in [4.78, 5) is 0. The first-order valence-electron chi connectivity index (χ1n) is 7.77. The first-order valence-corrected chi connectivity index (χ1v) is 7.77. The molecule has 0 heterocycles. The van der Waals surface area contributed by atoms with Gasteiger partial charge in [-0.3, -0.25) is 0 Å². The molecule has 0 aromatic heterocycles. The molecule has 0 unspecified atom stereocenters. The highest BCUT2D eigenvalue weighted by molar-refractivity contribution is 4.62. The number of hydrogen-bond donors (Lipinski definition) is 1. The number of unbranched alkanes of at least 4 members (excludes halogenated alkanes) is 7. The van der Waals surface area contributed by atoms with Crippen molar-refractivity contribution >= 4 is 0 Å². The van der Waals surface area contributed by atoms with E-state index in [0.717, 1.165) is 0 Å². The molecule has 0 rings (SSSR count). The van der Waals surface area contributed by atoms with Crippen molar-refractivity contribution in [2.24, 2.45) is 5.41 Å². The summed E-state index contributed by atoms with van der Waals surface area (Å²) in [6.07, 6.45) is 12.6. The maximum Gasteiger partial charge on any atom is -0.00439 e. The second kappa shape index (κ2) is 11.1. The molecule has 0 aromatic carbocycles. The van der Waals surface area contributed by atoms with Crippen LogP contribution in [0.15, 0.2) is 0 Å². The van der Waals surface area contributed by atoms with E-state index in [-0.39, 0.29) is 0 Å². The van der Waals surface area contributed by atoms with Gasteiger partial charge < -0.3 is 5.32 Å². The molecule has 0 radical (unpaired) electrons. The van der Waals surface area contributed by atoms with Crippen molar-refractivity contribution < 1.29 is 0 Å². The van der Waals surface area contributed by atoms with Crippen molar-refractivity contribution in [3.05, 3.63) is 0 Å². The quantitative estimate of drug-likeness (QED) is 0.493. The Morgan fingerprint density at radius 3 is 1.76 bits per heavy atom. The van der Waals surface area contributed by atoms with E-state index in [4.69, 9.17) is 0 Å². The first-order chi connectivity index (χ1) is 8.06. The van der Waals surface area contributed by atoms with Crippen molar-refractivity contribution in [2.45, 2.75) is 85.5 Å². The molecule has 17 heavy (non-hydrogen) atoms. The van der Waals surface area contributed by atoms with E-state index in [1.54, 1.807) is 0 Å². The Labute approximate surface area is 110 Å². The SMILES string of the molecule is CCCCCCCCCCNCCC(C)(C)C. The topological polar surface area (TPSA) is 12.0 Å². The predicted molar refractivity (Wildman–Crippen MR) is 79.6 cm³/mol. The maximum atomic E-state index is 3.55. The van der Waals surface area contributed by atoms with Crippen LogP contribution in [0.3, 0.4) is 0 Å². The van der Waals surface area contributed by atoms with Gasteiger partial charge in [0.25, 0.3) is 0 Å². The van der Waals surface area contributed by atoms with E-state index in [2.05, 4.69) is 33.0 Å². The van der Waals surface area contributed by atoms with Crippen LogP contribution in [0, 0.1) is 5.41 Å². The third-order valence-electron chi connectivity index (χ3n) is 3.26. The molecule has 1 heteroatoms. The zero-order valence-corrected chi connectivity index (χ0v) is 12.8. The van der Waals surface area contributed by atoms with E-state index in [1.807, 2.05) is 0 Å². The second-order valence-corrected chi connectivity index (χ2v) is 6.54. The Morgan fingerprint density at radius 2 is 1.24 bits per heavy atom. The van der Waals surface area contributed by atoms with Gasteiger partial charge in [-0.25, -0.2) is 0 Å². The van der Waals surface area contributed by atoms with Gasteiger partial charge in [0, 0.05) is 0 Å². The molecular formula is C16H35N. The van der Waals surface area contributed by atoms with Gasteiger partial charge in [-0.15, -0.1) is 0 Å². The van der Waals surface area contributed by atoms with Crippen LogP contribution in [0.2, 0.25) is 0 Å². The van der Waals surface area contributed by atoms with Gasteiger partial charge in [0.2, 0.25) is 0 Å². The summed E-state index contributed by atoms with van der Waals surface area (Å²) < 4.78 is 0. The average molecular weight is 241 g/mol. The summed E-state index contributed by atoms with van der Waals surface area (Å²) in [6, 6.07) is 0. The summed E-state index contributed by atoms with van der Waals surface area (Å²) >= 11 is 0. The Balaban J connectivity index is 2.99. The second-order valence-electron chi connectivity index (χ2n) is 6.54.